The first-order valence-corrected chi connectivity index (χ1v) is 7.38. The van der Waals surface area contributed by atoms with Crippen LogP contribution in [0.15, 0.2) is 42.5 Å². The SMILES string of the molecule is CCNCC(Cc1ccc(Cl)cc1F)c1cccc(F)c1. The van der Waals surface area contributed by atoms with Crippen molar-refractivity contribution in [2.24, 2.45) is 0 Å². The van der Waals surface area contributed by atoms with E-state index < -0.39 is 0 Å². The van der Waals surface area contributed by atoms with Gasteiger partial charge in [0.05, 0.1) is 0 Å². The molecule has 0 bridgehead atoms. The molecule has 1 nitrogen and oxygen atoms in total. The van der Waals surface area contributed by atoms with Crippen molar-refractivity contribution in [1.29, 1.82) is 0 Å². The molecule has 0 aromatic heterocycles. The lowest BCUT2D eigenvalue weighted by Crippen LogP contribution is -2.23. The van der Waals surface area contributed by atoms with Gasteiger partial charge in [-0.05, 0) is 48.4 Å². The first-order valence-electron chi connectivity index (χ1n) is 7.00. The second kappa shape index (κ2) is 7.53. The Morgan fingerprint density at radius 3 is 2.62 bits per heavy atom. The second-order valence-corrected chi connectivity index (χ2v) is 5.44. The van der Waals surface area contributed by atoms with Crippen LogP contribution >= 0.6 is 11.6 Å². The molecule has 1 N–H and O–H groups in total. The standard InChI is InChI=1S/C17H18ClF2N/c1-2-21-11-14(12-4-3-5-16(19)9-12)8-13-6-7-15(18)10-17(13)20/h3-7,9-10,14,21H,2,8,11H2,1H3. The highest BCUT2D eigenvalue weighted by molar-refractivity contribution is 6.30. The molecule has 4 heteroatoms. The van der Waals surface area contributed by atoms with Crippen LogP contribution in [0.25, 0.3) is 0 Å². The number of rotatable bonds is 6. The molecule has 0 saturated heterocycles. The molecular formula is C17H18ClF2N. The molecular weight excluding hydrogens is 292 g/mol. The zero-order chi connectivity index (χ0) is 15.2. The summed E-state index contributed by atoms with van der Waals surface area (Å²) in [5.41, 5.74) is 1.46. The number of hydrogen-bond donors (Lipinski definition) is 1. The molecule has 21 heavy (non-hydrogen) atoms. The van der Waals surface area contributed by atoms with Crippen LogP contribution in [0.5, 0.6) is 0 Å². The summed E-state index contributed by atoms with van der Waals surface area (Å²) in [6, 6.07) is 11.2. The molecule has 112 valence electrons. The van der Waals surface area contributed by atoms with Gasteiger partial charge in [-0.25, -0.2) is 8.78 Å². The Balaban J connectivity index is 2.23. The Morgan fingerprint density at radius 2 is 1.95 bits per heavy atom. The summed E-state index contributed by atoms with van der Waals surface area (Å²) in [6.07, 6.45) is 0.499. The third-order valence-electron chi connectivity index (χ3n) is 3.44. The van der Waals surface area contributed by atoms with E-state index in [4.69, 9.17) is 11.6 Å². The molecule has 0 fully saturated rings. The maximum atomic E-state index is 13.9. The van der Waals surface area contributed by atoms with Crippen molar-refractivity contribution in [3.63, 3.8) is 0 Å². The van der Waals surface area contributed by atoms with Crippen molar-refractivity contribution < 1.29 is 8.78 Å². The van der Waals surface area contributed by atoms with Crippen LogP contribution in [-0.2, 0) is 6.42 Å². The molecule has 0 heterocycles. The van der Waals surface area contributed by atoms with Gasteiger partial charge in [0.2, 0.25) is 0 Å². The molecule has 1 unspecified atom stereocenters. The average molecular weight is 310 g/mol. The van der Waals surface area contributed by atoms with Crippen molar-refractivity contribution in [1.82, 2.24) is 5.32 Å². The van der Waals surface area contributed by atoms with Crippen LogP contribution < -0.4 is 5.32 Å². The van der Waals surface area contributed by atoms with Gasteiger partial charge in [-0.15, -0.1) is 0 Å². The molecule has 2 rings (SSSR count). The van der Waals surface area contributed by atoms with Gasteiger partial charge >= 0.3 is 0 Å². The summed E-state index contributed by atoms with van der Waals surface area (Å²) >= 11 is 5.77. The minimum atomic E-state index is -0.319. The van der Waals surface area contributed by atoms with Crippen molar-refractivity contribution in [2.75, 3.05) is 13.1 Å². The lowest BCUT2D eigenvalue weighted by molar-refractivity contribution is 0.557. The van der Waals surface area contributed by atoms with E-state index in [-0.39, 0.29) is 17.6 Å². The summed E-state index contributed by atoms with van der Waals surface area (Å²) in [7, 11) is 0. The van der Waals surface area contributed by atoms with Crippen LogP contribution in [0, 0.1) is 11.6 Å². The van der Waals surface area contributed by atoms with Crippen LogP contribution in [0.2, 0.25) is 5.02 Å². The van der Waals surface area contributed by atoms with Crippen LogP contribution in [0.3, 0.4) is 0 Å². The molecule has 0 aliphatic heterocycles. The zero-order valence-corrected chi connectivity index (χ0v) is 12.6. The number of nitrogens with one attached hydrogen (secondary N) is 1. The summed E-state index contributed by atoms with van der Waals surface area (Å²) in [5, 5.41) is 3.63. The third kappa shape index (κ3) is 4.51. The first-order chi connectivity index (χ1) is 10.1. The Labute approximate surface area is 128 Å². The normalized spacial score (nSPS) is 12.4. The van der Waals surface area contributed by atoms with Crippen LogP contribution in [0.4, 0.5) is 8.78 Å². The number of benzene rings is 2. The highest BCUT2D eigenvalue weighted by atomic mass is 35.5. The fourth-order valence-electron chi connectivity index (χ4n) is 2.34. The minimum Gasteiger partial charge on any atom is -0.316 e. The second-order valence-electron chi connectivity index (χ2n) is 5.00. The zero-order valence-electron chi connectivity index (χ0n) is 11.9. The van der Waals surface area contributed by atoms with Gasteiger partial charge < -0.3 is 5.32 Å². The molecule has 0 saturated carbocycles. The highest BCUT2D eigenvalue weighted by Crippen LogP contribution is 2.24. The van der Waals surface area contributed by atoms with Gasteiger partial charge in [-0.1, -0.05) is 36.7 Å². The molecule has 0 spiro atoms. The Hall–Kier alpha value is -1.45. The molecule has 0 aliphatic rings. The summed E-state index contributed by atoms with van der Waals surface area (Å²) in [6.45, 7) is 3.49. The largest absolute Gasteiger partial charge is 0.316 e. The number of halogens is 3. The molecule has 2 aromatic carbocycles. The predicted octanol–water partition coefficient (Wildman–Crippen LogP) is 4.55. The van der Waals surface area contributed by atoms with E-state index >= 15 is 0 Å². The van der Waals surface area contributed by atoms with Crippen molar-refractivity contribution in [2.45, 2.75) is 19.3 Å². The first kappa shape index (κ1) is 15.9. The Kier molecular flexibility index (Phi) is 5.71. The average Bonchev–Trinajstić information content (AvgIpc) is 2.45. The maximum absolute atomic E-state index is 13.9. The van der Waals surface area contributed by atoms with E-state index in [1.807, 2.05) is 13.0 Å². The van der Waals surface area contributed by atoms with Crippen molar-refractivity contribution >= 4 is 11.6 Å². The van der Waals surface area contributed by atoms with E-state index in [9.17, 15) is 8.78 Å². The quantitative estimate of drug-likeness (QED) is 0.825. The van der Waals surface area contributed by atoms with E-state index in [1.54, 1.807) is 18.2 Å². The molecule has 0 aliphatic carbocycles. The number of likely N-dealkylation sites (N-methyl/N-ethyl adjacent to an activating group) is 1. The van der Waals surface area contributed by atoms with Crippen molar-refractivity contribution in [3.05, 3.63) is 70.2 Å². The minimum absolute atomic E-state index is 0.0105. The van der Waals surface area contributed by atoms with Gasteiger partial charge in [0.15, 0.2) is 0 Å². The number of hydrogen-bond acceptors (Lipinski definition) is 1. The fraction of sp³-hybridized carbons (Fsp3) is 0.294. The van der Waals surface area contributed by atoms with Crippen LogP contribution in [0.1, 0.15) is 24.0 Å². The lowest BCUT2D eigenvalue weighted by Gasteiger charge is -2.18. The molecule has 0 amide bonds. The van der Waals surface area contributed by atoms with E-state index in [0.717, 1.165) is 12.1 Å². The van der Waals surface area contributed by atoms with E-state index in [2.05, 4.69) is 5.32 Å². The van der Waals surface area contributed by atoms with Gasteiger partial charge in [0.1, 0.15) is 11.6 Å². The maximum Gasteiger partial charge on any atom is 0.127 e. The lowest BCUT2D eigenvalue weighted by atomic mass is 9.91. The highest BCUT2D eigenvalue weighted by Gasteiger charge is 2.15. The summed E-state index contributed by atoms with van der Waals surface area (Å²) in [4.78, 5) is 0. The molecule has 0 radical (unpaired) electrons. The van der Waals surface area contributed by atoms with Gasteiger partial charge in [0.25, 0.3) is 0 Å². The van der Waals surface area contributed by atoms with Gasteiger partial charge in [-0.2, -0.15) is 0 Å². The van der Waals surface area contributed by atoms with E-state index in [0.29, 0.717) is 23.6 Å². The smallest absolute Gasteiger partial charge is 0.127 e. The molecule has 1 atom stereocenters. The van der Waals surface area contributed by atoms with E-state index in [1.165, 1.54) is 18.2 Å². The Morgan fingerprint density at radius 1 is 1.14 bits per heavy atom. The van der Waals surface area contributed by atoms with Gasteiger partial charge in [0, 0.05) is 17.5 Å². The Bertz CT molecular complexity index is 601. The predicted molar refractivity (Wildman–Crippen MR) is 82.8 cm³/mol. The summed E-state index contributed by atoms with van der Waals surface area (Å²) in [5.74, 6) is -0.581. The van der Waals surface area contributed by atoms with Gasteiger partial charge in [-0.3, -0.25) is 0 Å². The molecule has 2 aromatic rings. The fourth-order valence-corrected chi connectivity index (χ4v) is 2.50. The van der Waals surface area contributed by atoms with Crippen molar-refractivity contribution in [3.8, 4) is 0 Å². The topological polar surface area (TPSA) is 12.0 Å². The van der Waals surface area contributed by atoms with Crippen LogP contribution in [-0.4, -0.2) is 13.1 Å². The third-order valence-corrected chi connectivity index (χ3v) is 3.68. The monoisotopic (exact) mass is 309 g/mol. The summed E-state index contributed by atoms with van der Waals surface area (Å²) < 4.78 is 27.4.